The van der Waals surface area contributed by atoms with Gasteiger partial charge in [-0.25, -0.2) is 0 Å². The lowest BCUT2D eigenvalue weighted by atomic mass is 10.2. The summed E-state index contributed by atoms with van der Waals surface area (Å²) in [6, 6.07) is 15.5. The van der Waals surface area contributed by atoms with Gasteiger partial charge < -0.3 is 14.0 Å². The van der Waals surface area contributed by atoms with Crippen molar-refractivity contribution in [3.63, 3.8) is 0 Å². The van der Waals surface area contributed by atoms with E-state index in [2.05, 4.69) is 10.1 Å². The average Bonchev–Trinajstić information content (AvgIpc) is 3.34. The summed E-state index contributed by atoms with van der Waals surface area (Å²) < 4.78 is 17.0. The number of rotatable bonds is 5. The summed E-state index contributed by atoms with van der Waals surface area (Å²) in [5.41, 5.74) is 1.75. The SMILES string of the molecule is COc1ccc(-c2noc(-c3ccccc3)n2)cc1OC1CCCC1. The van der Waals surface area contributed by atoms with Gasteiger partial charge in [-0.1, -0.05) is 23.4 Å². The number of nitrogens with zero attached hydrogens (tertiary/aromatic N) is 2. The maximum atomic E-state index is 6.14. The Bertz CT molecular complexity index is 839. The molecule has 0 atom stereocenters. The Labute approximate surface area is 146 Å². The summed E-state index contributed by atoms with van der Waals surface area (Å²) in [7, 11) is 1.65. The number of benzene rings is 2. The third-order valence-electron chi connectivity index (χ3n) is 4.46. The molecule has 1 aliphatic rings. The number of ether oxygens (including phenoxy) is 2. The molecule has 1 aromatic heterocycles. The van der Waals surface area contributed by atoms with E-state index in [1.165, 1.54) is 12.8 Å². The highest BCUT2D eigenvalue weighted by molar-refractivity contribution is 5.63. The zero-order valence-corrected chi connectivity index (χ0v) is 14.1. The van der Waals surface area contributed by atoms with E-state index in [4.69, 9.17) is 14.0 Å². The van der Waals surface area contributed by atoms with Crippen molar-refractivity contribution in [3.8, 4) is 34.3 Å². The second-order valence-electron chi connectivity index (χ2n) is 6.18. The second-order valence-corrected chi connectivity index (χ2v) is 6.18. The van der Waals surface area contributed by atoms with Crippen molar-refractivity contribution >= 4 is 0 Å². The largest absolute Gasteiger partial charge is 0.493 e. The molecule has 25 heavy (non-hydrogen) atoms. The van der Waals surface area contributed by atoms with Crippen molar-refractivity contribution < 1.29 is 14.0 Å². The molecule has 0 saturated heterocycles. The molecular formula is C20H20N2O3. The maximum absolute atomic E-state index is 6.14. The Hall–Kier alpha value is -2.82. The van der Waals surface area contributed by atoms with Crippen LogP contribution in [-0.4, -0.2) is 23.4 Å². The van der Waals surface area contributed by atoms with Crippen LogP contribution >= 0.6 is 0 Å². The molecule has 2 aromatic carbocycles. The van der Waals surface area contributed by atoms with Crippen LogP contribution in [0.1, 0.15) is 25.7 Å². The van der Waals surface area contributed by atoms with Crippen molar-refractivity contribution in [1.82, 2.24) is 10.1 Å². The lowest BCUT2D eigenvalue weighted by Gasteiger charge is -2.16. The summed E-state index contributed by atoms with van der Waals surface area (Å²) in [6.07, 6.45) is 4.88. The molecule has 1 fully saturated rings. The minimum Gasteiger partial charge on any atom is -0.493 e. The first-order valence-corrected chi connectivity index (χ1v) is 8.57. The van der Waals surface area contributed by atoms with Gasteiger partial charge >= 0.3 is 0 Å². The predicted octanol–water partition coefficient (Wildman–Crippen LogP) is 4.73. The predicted molar refractivity (Wildman–Crippen MR) is 94.6 cm³/mol. The molecule has 5 nitrogen and oxygen atoms in total. The normalized spacial score (nSPS) is 14.6. The standard InChI is InChI=1S/C20H20N2O3/c1-23-17-12-11-15(13-18(17)24-16-9-5-6-10-16)19-21-20(25-22-19)14-7-3-2-4-8-14/h2-4,7-8,11-13,16H,5-6,9-10H2,1H3. The van der Waals surface area contributed by atoms with Crippen molar-refractivity contribution in [2.45, 2.75) is 31.8 Å². The molecule has 0 radical (unpaired) electrons. The number of methoxy groups -OCH3 is 1. The van der Waals surface area contributed by atoms with Crippen LogP contribution in [0.5, 0.6) is 11.5 Å². The van der Waals surface area contributed by atoms with Gasteiger partial charge in [-0.2, -0.15) is 4.98 Å². The van der Waals surface area contributed by atoms with E-state index in [1.54, 1.807) is 7.11 Å². The molecule has 0 bridgehead atoms. The lowest BCUT2D eigenvalue weighted by Crippen LogP contribution is -2.11. The van der Waals surface area contributed by atoms with Crippen LogP contribution in [0.4, 0.5) is 0 Å². The van der Waals surface area contributed by atoms with Crippen molar-refractivity contribution in [2.75, 3.05) is 7.11 Å². The number of hydrogen-bond acceptors (Lipinski definition) is 5. The Morgan fingerprint density at radius 1 is 0.960 bits per heavy atom. The minimum absolute atomic E-state index is 0.259. The Morgan fingerprint density at radius 2 is 1.76 bits per heavy atom. The van der Waals surface area contributed by atoms with E-state index >= 15 is 0 Å². The van der Waals surface area contributed by atoms with E-state index in [9.17, 15) is 0 Å². The van der Waals surface area contributed by atoms with E-state index in [0.29, 0.717) is 11.7 Å². The molecule has 0 spiro atoms. The summed E-state index contributed by atoms with van der Waals surface area (Å²) in [4.78, 5) is 4.51. The van der Waals surface area contributed by atoms with Crippen LogP contribution in [0.3, 0.4) is 0 Å². The Balaban J connectivity index is 1.63. The third-order valence-corrected chi connectivity index (χ3v) is 4.46. The van der Waals surface area contributed by atoms with Crippen molar-refractivity contribution in [2.24, 2.45) is 0 Å². The molecule has 4 rings (SSSR count). The molecule has 128 valence electrons. The van der Waals surface area contributed by atoms with Gasteiger partial charge in [0.1, 0.15) is 0 Å². The Morgan fingerprint density at radius 3 is 2.52 bits per heavy atom. The first-order valence-electron chi connectivity index (χ1n) is 8.57. The summed E-state index contributed by atoms with van der Waals surface area (Å²) in [5, 5.41) is 4.11. The topological polar surface area (TPSA) is 57.4 Å². The first kappa shape index (κ1) is 15.7. The average molecular weight is 336 g/mol. The highest BCUT2D eigenvalue weighted by Crippen LogP contribution is 2.35. The number of aromatic nitrogens is 2. The first-order chi connectivity index (χ1) is 12.3. The molecule has 0 unspecified atom stereocenters. The fraction of sp³-hybridized carbons (Fsp3) is 0.300. The van der Waals surface area contributed by atoms with Crippen LogP contribution in [-0.2, 0) is 0 Å². The monoisotopic (exact) mass is 336 g/mol. The highest BCUT2D eigenvalue weighted by atomic mass is 16.5. The van der Waals surface area contributed by atoms with Gasteiger partial charge in [0, 0.05) is 11.1 Å². The molecule has 0 aliphatic heterocycles. The van der Waals surface area contributed by atoms with Crippen molar-refractivity contribution in [3.05, 3.63) is 48.5 Å². The van der Waals surface area contributed by atoms with Gasteiger partial charge in [0.25, 0.3) is 5.89 Å². The van der Waals surface area contributed by atoms with Gasteiger partial charge in [-0.05, 0) is 56.0 Å². The third kappa shape index (κ3) is 3.36. The molecule has 0 N–H and O–H groups in total. The van der Waals surface area contributed by atoms with Gasteiger partial charge in [0.05, 0.1) is 13.2 Å². The van der Waals surface area contributed by atoms with Crippen LogP contribution in [0.15, 0.2) is 53.1 Å². The molecule has 0 amide bonds. The van der Waals surface area contributed by atoms with Gasteiger partial charge in [0.2, 0.25) is 5.82 Å². The minimum atomic E-state index is 0.259. The summed E-state index contributed by atoms with van der Waals surface area (Å²) in [5.74, 6) is 2.50. The van der Waals surface area contributed by atoms with Crippen LogP contribution in [0, 0.1) is 0 Å². The zero-order chi connectivity index (χ0) is 17.1. The fourth-order valence-electron chi connectivity index (χ4n) is 3.13. The summed E-state index contributed by atoms with van der Waals surface area (Å²) >= 11 is 0. The Kier molecular flexibility index (Phi) is 4.37. The van der Waals surface area contributed by atoms with Crippen LogP contribution < -0.4 is 9.47 Å². The molecule has 3 aromatic rings. The molecule has 1 saturated carbocycles. The quantitative estimate of drug-likeness (QED) is 0.674. The number of hydrogen-bond donors (Lipinski definition) is 0. The highest BCUT2D eigenvalue weighted by Gasteiger charge is 2.20. The van der Waals surface area contributed by atoms with Gasteiger partial charge in [0.15, 0.2) is 11.5 Å². The van der Waals surface area contributed by atoms with Crippen LogP contribution in [0.25, 0.3) is 22.8 Å². The maximum Gasteiger partial charge on any atom is 0.258 e. The van der Waals surface area contributed by atoms with Gasteiger partial charge in [-0.3, -0.25) is 0 Å². The second kappa shape index (κ2) is 6.97. The van der Waals surface area contributed by atoms with Gasteiger partial charge in [-0.15, -0.1) is 0 Å². The molecule has 5 heteroatoms. The smallest absolute Gasteiger partial charge is 0.258 e. The van der Waals surface area contributed by atoms with E-state index < -0.39 is 0 Å². The van der Waals surface area contributed by atoms with Crippen LogP contribution in [0.2, 0.25) is 0 Å². The van der Waals surface area contributed by atoms with Crippen molar-refractivity contribution in [1.29, 1.82) is 0 Å². The van der Waals surface area contributed by atoms with E-state index in [0.717, 1.165) is 35.5 Å². The zero-order valence-electron chi connectivity index (χ0n) is 14.1. The fourth-order valence-corrected chi connectivity index (χ4v) is 3.13. The van der Waals surface area contributed by atoms with E-state index in [-0.39, 0.29) is 6.10 Å². The lowest BCUT2D eigenvalue weighted by molar-refractivity contribution is 0.201. The molecule has 1 heterocycles. The van der Waals surface area contributed by atoms with E-state index in [1.807, 2.05) is 48.5 Å². The summed E-state index contributed by atoms with van der Waals surface area (Å²) in [6.45, 7) is 0. The molecular weight excluding hydrogens is 316 g/mol. The molecule has 1 aliphatic carbocycles.